The summed E-state index contributed by atoms with van der Waals surface area (Å²) in [6.45, 7) is 1.91. The number of carbonyl (C=O) groups is 2. The molecule has 2 heterocycles. The van der Waals surface area contributed by atoms with Gasteiger partial charge in [0.05, 0.1) is 10.4 Å². The number of carboxylic acids is 1. The number of thiophene rings is 1. The summed E-state index contributed by atoms with van der Waals surface area (Å²) < 4.78 is -0.419. The molecule has 2 rings (SSSR count). The quantitative estimate of drug-likeness (QED) is 0.887. The summed E-state index contributed by atoms with van der Waals surface area (Å²) in [7, 11) is 0. The number of amides is 1. The average molecular weight is 271 g/mol. The van der Waals surface area contributed by atoms with E-state index in [2.05, 4.69) is 5.32 Å². The zero-order valence-corrected chi connectivity index (χ0v) is 11.0. The van der Waals surface area contributed by atoms with E-state index in [9.17, 15) is 9.59 Å². The van der Waals surface area contributed by atoms with Gasteiger partial charge in [0.1, 0.15) is 4.88 Å². The first kappa shape index (κ1) is 12.4. The molecule has 1 aromatic rings. The van der Waals surface area contributed by atoms with E-state index >= 15 is 0 Å². The molecule has 2 N–H and O–H groups in total. The van der Waals surface area contributed by atoms with Gasteiger partial charge in [0.25, 0.3) is 0 Å². The number of thioether (sulfide) groups is 1. The second-order valence-electron chi connectivity index (χ2n) is 4.11. The van der Waals surface area contributed by atoms with Crippen LogP contribution in [0.3, 0.4) is 0 Å². The normalized spacial score (nSPS) is 23.6. The molecule has 0 radical (unpaired) electrons. The predicted molar refractivity (Wildman–Crippen MR) is 70.0 cm³/mol. The van der Waals surface area contributed by atoms with Crippen LogP contribution in [0, 0.1) is 0 Å². The van der Waals surface area contributed by atoms with Crippen molar-refractivity contribution >= 4 is 40.7 Å². The number of carbonyl (C=O) groups excluding carboxylic acids is 1. The Morgan fingerprint density at radius 1 is 1.53 bits per heavy atom. The molecule has 0 spiro atoms. The predicted octanol–water partition coefficient (Wildman–Crippen LogP) is 2.67. The average Bonchev–Trinajstić information content (AvgIpc) is 2.87. The van der Waals surface area contributed by atoms with E-state index in [0.29, 0.717) is 5.69 Å². The molecule has 0 aliphatic carbocycles. The molecule has 1 amide bonds. The van der Waals surface area contributed by atoms with Crippen LogP contribution in [0.15, 0.2) is 11.4 Å². The van der Waals surface area contributed by atoms with Gasteiger partial charge >= 0.3 is 5.97 Å². The van der Waals surface area contributed by atoms with Crippen molar-refractivity contribution in [3.05, 3.63) is 16.3 Å². The standard InChI is InChI=1S/C11H13NO3S2/c1-11(4-2-5-17-11)10(15)12-7-3-6-16-8(7)9(13)14/h3,6H,2,4-5H2,1H3,(H,12,15)(H,13,14). The molecular weight excluding hydrogens is 258 g/mol. The third kappa shape index (κ3) is 2.47. The highest BCUT2D eigenvalue weighted by atomic mass is 32.2. The molecule has 0 saturated carbocycles. The molecule has 0 aromatic carbocycles. The maximum Gasteiger partial charge on any atom is 0.348 e. The van der Waals surface area contributed by atoms with Crippen molar-refractivity contribution in [3.63, 3.8) is 0 Å². The van der Waals surface area contributed by atoms with Crippen LogP contribution in [0.2, 0.25) is 0 Å². The Morgan fingerprint density at radius 3 is 2.88 bits per heavy atom. The van der Waals surface area contributed by atoms with Crippen molar-refractivity contribution in [2.24, 2.45) is 0 Å². The fraction of sp³-hybridized carbons (Fsp3) is 0.455. The smallest absolute Gasteiger partial charge is 0.348 e. The zero-order valence-electron chi connectivity index (χ0n) is 9.36. The van der Waals surface area contributed by atoms with Gasteiger partial charge in [0, 0.05) is 0 Å². The van der Waals surface area contributed by atoms with E-state index in [4.69, 9.17) is 5.11 Å². The molecule has 4 nitrogen and oxygen atoms in total. The highest BCUT2D eigenvalue weighted by Crippen LogP contribution is 2.39. The Bertz CT molecular complexity index is 449. The largest absolute Gasteiger partial charge is 0.477 e. The van der Waals surface area contributed by atoms with Gasteiger partial charge in [-0.15, -0.1) is 23.1 Å². The molecule has 17 heavy (non-hydrogen) atoms. The lowest BCUT2D eigenvalue weighted by Crippen LogP contribution is -2.34. The molecule has 6 heteroatoms. The minimum atomic E-state index is -1.00. The minimum absolute atomic E-state index is 0.0964. The molecule has 1 aliphatic heterocycles. The number of nitrogens with one attached hydrogen (secondary N) is 1. The van der Waals surface area contributed by atoms with Crippen LogP contribution >= 0.6 is 23.1 Å². The Hall–Kier alpha value is -1.01. The third-order valence-electron chi connectivity index (χ3n) is 2.81. The maximum absolute atomic E-state index is 12.1. The Labute approximate surface area is 107 Å². The van der Waals surface area contributed by atoms with Crippen LogP contribution in [0.1, 0.15) is 29.4 Å². The van der Waals surface area contributed by atoms with E-state index < -0.39 is 10.7 Å². The zero-order chi connectivity index (χ0) is 12.5. The lowest BCUT2D eigenvalue weighted by atomic mass is 10.0. The van der Waals surface area contributed by atoms with Gasteiger partial charge in [-0.2, -0.15) is 0 Å². The summed E-state index contributed by atoms with van der Waals surface area (Å²) in [6.07, 6.45) is 1.88. The van der Waals surface area contributed by atoms with Crippen molar-refractivity contribution in [2.45, 2.75) is 24.5 Å². The highest BCUT2D eigenvalue weighted by molar-refractivity contribution is 8.01. The van der Waals surface area contributed by atoms with Gasteiger partial charge in [-0.1, -0.05) is 0 Å². The third-order valence-corrected chi connectivity index (χ3v) is 5.23. The Balaban J connectivity index is 2.13. The molecule has 1 atom stereocenters. The van der Waals surface area contributed by atoms with Crippen LogP contribution in [-0.2, 0) is 4.79 Å². The van der Waals surface area contributed by atoms with E-state index in [0.717, 1.165) is 29.9 Å². The summed E-state index contributed by atoms with van der Waals surface area (Å²) in [6, 6.07) is 1.63. The summed E-state index contributed by atoms with van der Waals surface area (Å²) in [5.74, 6) is -0.111. The number of hydrogen-bond donors (Lipinski definition) is 2. The number of aromatic carboxylic acids is 1. The number of carboxylic acid groups (broad SMARTS) is 1. The number of anilines is 1. The van der Waals surface area contributed by atoms with Gasteiger partial charge < -0.3 is 10.4 Å². The fourth-order valence-corrected chi connectivity index (χ4v) is 3.68. The molecule has 92 valence electrons. The summed E-state index contributed by atoms with van der Waals surface area (Å²) in [4.78, 5) is 23.2. The van der Waals surface area contributed by atoms with Gasteiger partial charge in [-0.05, 0) is 37.0 Å². The summed E-state index contributed by atoms with van der Waals surface area (Å²) in [5.41, 5.74) is 0.404. The lowest BCUT2D eigenvalue weighted by Gasteiger charge is -2.21. The van der Waals surface area contributed by atoms with Crippen molar-refractivity contribution in [2.75, 3.05) is 11.1 Å². The van der Waals surface area contributed by atoms with Crippen LogP contribution in [0.25, 0.3) is 0 Å². The van der Waals surface area contributed by atoms with Crippen LogP contribution in [0.5, 0.6) is 0 Å². The molecule has 1 aliphatic rings. The summed E-state index contributed by atoms with van der Waals surface area (Å²) in [5, 5.41) is 13.3. The van der Waals surface area contributed by atoms with Gasteiger partial charge in [0.15, 0.2) is 0 Å². The molecule has 1 saturated heterocycles. The van der Waals surface area contributed by atoms with Gasteiger partial charge in [0.2, 0.25) is 5.91 Å². The monoisotopic (exact) mass is 271 g/mol. The van der Waals surface area contributed by atoms with Crippen LogP contribution < -0.4 is 5.32 Å². The maximum atomic E-state index is 12.1. The Morgan fingerprint density at radius 2 is 2.29 bits per heavy atom. The Kier molecular flexibility index (Phi) is 3.44. The van der Waals surface area contributed by atoms with Crippen molar-refractivity contribution in [3.8, 4) is 0 Å². The van der Waals surface area contributed by atoms with Gasteiger partial charge in [-0.3, -0.25) is 4.79 Å². The molecule has 1 unspecified atom stereocenters. The van der Waals surface area contributed by atoms with E-state index in [1.807, 2.05) is 6.92 Å². The summed E-state index contributed by atoms with van der Waals surface area (Å²) >= 11 is 2.75. The molecule has 1 fully saturated rings. The fourth-order valence-electron chi connectivity index (χ4n) is 1.79. The van der Waals surface area contributed by atoms with Crippen molar-refractivity contribution in [1.82, 2.24) is 0 Å². The number of hydrogen-bond acceptors (Lipinski definition) is 4. The van der Waals surface area contributed by atoms with E-state index in [1.54, 1.807) is 23.2 Å². The van der Waals surface area contributed by atoms with Crippen molar-refractivity contribution in [1.29, 1.82) is 0 Å². The molecular formula is C11H13NO3S2. The number of rotatable bonds is 3. The first-order valence-electron chi connectivity index (χ1n) is 5.29. The first-order valence-corrected chi connectivity index (χ1v) is 7.16. The topological polar surface area (TPSA) is 66.4 Å². The molecule has 1 aromatic heterocycles. The SMILES string of the molecule is CC1(C(=O)Nc2ccsc2C(=O)O)CCCS1. The van der Waals surface area contributed by atoms with Gasteiger partial charge in [-0.25, -0.2) is 4.79 Å². The second-order valence-corrected chi connectivity index (χ2v) is 6.62. The molecule has 0 bridgehead atoms. The van der Waals surface area contributed by atoms with E-state index in [1.165, 1.54) is 0 Å². The lowest BCUT2D eigenvalue weighted by molar-refractivity contribution is -0.118. The highest BCUT2D eigenvalue weighted by Gasteiger charge is 2.37. The second kappa shape index (κ2) is 4.70. The van der Waals surface area contributed by atoms with E-state index in [-0.39, 0.29) is 10.8 Å². The van der Waals surface area contributed by atoms with Crippen molar-refractivity contribution < 1.29 is 14.7 Å². The first-order chi connectivity index (χ1) is 8.03. The van der Waals surface area contributed by atoms with Crippen LogP contribution in [0.4, 0.5) is 5.69 Å². The minimum Gasteiger partial charge on any atom is -0.477 e. The van der Waals surface area contributed by atoms with Crippen LogP contribution in [-0.4, -0.2) is 27.5 Å².